The summed E-state index contributed by atoms with van der Waals surface area (Å²) in [5.74, 6) is 0.794. The van der Waals surface area contributed by atoms with Gasteiger partial charge in [-0.05, 0) is 57.9 Å². The van der Waals surface area contributed by atoms with Crippen molar-refractivity contribution < 1.29 is 14.3 Å². The predicted molar refractivity (Wildman–Crippen MR) is 112 cm³/mol. The number of anilines is 1. The number of nitrogens with zero attached hydrogens (tertiary/aromatic N) is 2. The Morgan fingerprint density at radius 1 is 1.36 bits per heavy atom. The molecule has 0 radical (unpaired) electrons. The third-order valence-electron chi connectivity index (χ3n) is 4.18. The standard InChI is InChI=1S/C20H26ClN3O3S/c1-20(2,3)27-19(25)24-10-4-5-16(13-24)26-15-8-6-14(7-9-15)22-11-17-12-23-18(21)28-17/h6-9,12,16,22H,4-5,10-11,13H2,1-3H3. The van der Waals surface area contributed by atoms with Crippen LogP contribution in [0.4, 0.5) is 10.5 Å². The monoisotopic (exact) mass is 423 g/mol. The molecule has 2 heterocycles. The number of thiazole rings is 1. The van der Waals surface area contributed by atoms with Crippen molar-refractivity contribution in [2.24, 2.45) is 0 Å². The largest absolute Gasteiger partial charge is 0.489 e. The number of rotatable bonds is 5. The van der Waals surface area contributed by atoms with Crippen LogP contribution in [0.15, 0.2) is 30.5 Å². The lowest BCUT2D eigenvalue weighted by Gasteiger charge is -2.34. The first-order chi connectivity index (χ1) is 13.3. The van der Waals surface area contributed by atoms with Gasteiger partial charge >= 0.3 is 6.09 Å². The van der Waals surface area contributed by atoms with Gasteiger partial charge in [-0.25, -0.2) is 9.78 Å². The molecule has 1 fully saturated rings. The van der Waals surface area contributed by atoms with Crippen molar-refractivity contribution in [2.45, 2.75) is 51.9 Å². The molecule has 1 saturated heterocycles. The van der Waals surface area contributed by atoms with E-state index in [2.05, 4.69) is 10.3 Å². The average Bonchev–Trinajstić information content (AvgIpc) is 3.05. The van der Waals surface area contributed by atoms with Crippen molar-refractivity contribution in [3.8, 4) is 5.75 Å². The van der Waals surface area contributed by atoms with Gasteiger partial charge in [0.15, 0.2) is 4.47 Å². The molecular weight excluding hydrogens is 398 g/mol. The van der Waals surface area contributed by atoms with Crippen LogP contribution in [0.2, 0.25) is 4.47 Å². The molecule has 1 amide bonds. The molecule has 6 nitrogen and oxygen atoms in total. The Morgan fingerprint density at radius 3 is 2.75 bits per heavy atom. The van der Waals surface area contributed by atoms with E-state index in [0.717, 1.165) is 29.2 Å². The molecule has 3 rings (SSSR count). The summed E-state index contributed by atoms with van der Waals surface area (Å²) < 4.78 is 12.1. The second kappa shape index (κ2) is 9.01. The number of halogens is 1. The lowest BCUT2D eigenvalue weighted by Crippen LogP contribution is -2.46. The first-order valence-electron chi connectivity index (χ1n) is 9.37. The van der Waals surface area contributed by atoms with Crippen LogP contribution in [-0.2, 0) is 11.3 Å². The van der Waals surface area contributed by atoms with Gasteiger partial charge in [-0.3, -0.25) is 0 Å². The first kappa shape index (κ1) is 20.7. The molecule has 2 aromatic rings. The Balaban J connectivity index is 1.49. The normalized spacial score (nSPS) is 17.3. The number of benzene rings is 1. The lowest BCUT2D eigenvalue weighted by atomic mass is 10.1. The third-order valence-corrected chi connectivity index (χ3v) is 5.29. The molecule has 0 spiro atoms. The summed E-state index contributed by atoms with van der Waals surface area (Å²) in [5.41, 5.74) is 0.508. The number of carbonyl (C=O) groups excluding carboxylic acids is 1. The second-order valence-electron chi connectivity index (χ2n) is 7.77. The van der Waals surface area contributed by atoms with E-state index in [9.17, 15) is 4.79 Å². The first-order valence-corrected chi connectivity index (χ1v) is 10.6. The highest BCUT2D eigenvalue weighted by atomic mass is 35.5. The summed E-state index contributed by atoms with van der Waals surface area (Å²) in [6, 6.07) is 7.84. The average molecular weight is 424 g/mol. The summed E-state index contributed by atoms with van der Waals surface area (Å²) in [4.78, 5) is 19.1. The highest BCUT2D eigenvalue weighted by molar-refractivity contribution is 7.15. The van der Waals surface area contributed by atoms with Gasteiger partial charge in [-0.2, -0.15) is 0 Å². The van der Waals surface area contributed by atoms with E-state index in [1.165, 1.54) is 11.3 Å². The van der Waals surface area contributed by atoms with Gasteiger partial charge < -0.3 is 19.7 Å². The Morgan fingerprint density at radius 2 is 2.11 bits per heavy atom. The lowest BCUT2D eigenvalue weighted by molar-refractivity contribution is 0.00776. The van der Waals surface area contributed by atoms with E-state index in [0.29, 0.717) is 24.1 Å². The molecule has 1 aliphatic rings. The summed E-state index contributed by atoms with van der Waals surface area (Å²) in [6.07, 6.45) is 3.30. The van der Waals surface area contributed by atoms with Crippen LogP contribution in [0.1, 0.15) is 38.5 Å². The molecule has 8 heteroatoms. The molecule has 152 valence electrons. The molecule has 0 aliphatic carbocycles. The zero-order valence-electron chi connectivity index (χ0n) is 16.4. The fourth-order valence-corrected chi connectivity index (χ4v) is 3.84. The summed E-state index contributed by atoms with van der Waals surface area (Å²) in [7, 11) is 0. The molecule has 0 saturated carbocycles. The summed E-state index contributed by atoms with van der Waals surface area (Å²) in [5, 5.41) is 3.34. The minimum Gasteiger partial charge on any atom is -0.489 e. The molecule has 1 aromatic heterocycles. The van der Waals surface area contributed by atoms with E-state index in [-0.39, 0.29) is 12.2 Å². The number of likely N-dealkylation sites (tertiary alicyclic amines) is 1. The number of nitrogens with one attached hydrogen (secondary N) is 1. The van der Waals surface area contributed by atoms with E-state index < -0.39 is 5.60 Å². The minimum absolute atomic E-state index is 0.0283. The third kappa shape index (κ3) is 6.27. The number of amides is 1. The van der Waals surface area contributed by atoms with Gasteiger partial charge in [0, 0.05) is 23.3 Å². The maximum absolute atomic E-state index is 12.3. The Kier molecular flexibility index (Phi) is 6.67. The van der Waals surface area contributed by atoms with Gasteiger partial charge in [0.25, 0.3) is 0 Å². The van der Waals surface area contributed by atoms with Gasteiger partial charge in [0.1, 0.15) is 17.5 Å². The van der Waals surface area contributed by atoms with E-state index in [1.807, 2.05) is 45.0 Å². The number of piperidine rings is 1. The predicted octanol–water partition coefficient (Wildman–Crippen LogP) is 5.19. The maximum atomic E-state index is 12.3. The molecule has 1 atom stereocenters. The van der Waals surface area contributed by atoms with Crippen LogP contribution in [0.25, 0.3) is 0 Å². The molecule has 1 unspecified atom stereocenters. The second-order valence-corrected chi connectivity index (χ2v) is 9.46. The van der Waals surface area contributed by atoms with Crippen LogP contribution in [0.5, 0.6) is 5.75 Å². The Labute approximate surface area is 174 Å². The van der Waals surface area contributed by atoms with E-state index in [4.69, 9.17) is 21.1 Å². The van der Waals surface area contributed by atoms with Gasteiger partial charge in [-0.1, -0.05) is 11.6 Å². The SMILES string of the molecule is CC(C)(C)OC(=O)N1CCCC(Oc2ccc(NCc3cnc(Cl)s3)cc2)C1. The van der Waals surface area contributed by atoms with E-state index >= 15 is 0 Å². The minimum atomic E-state index is -0.488. The molecular formula is C20H26ClN3O3S. The highest BCUT2D eigenvalue weighted by Crippen LogP contribution is 2.23. The number of hydrogen-bond donors (Lipinski definition) is 1. The van der Waals surface area contributed by atoms with Crippen LogP contribution in [0.3, 0.4) is 0 Å². The smallest absolute Gasteiger partial charge is 0.410 e. The van der Waals surface area contributed by atoms with E-state index in [1.54, 1.807) is 11.1 Å². The van der Waals surface area contributed by atoms with Crippen molar-refractivity contribution in [2.75, 3.05) is 18.4 Å². The number of hydrogen-bond acceptors (Lipinski definition) is 6. The van der Waals surface area contributed by atoms with Crippen LogP contribution in [0, 0.1) is 0 Å². The fraction of sp³-hybridized carbons (Fsp3) is 0.500. The summed E-state index contributed by atoms with van der Waals surface area (Å²) in [6.45, 7) is 7.56. The number of aromatic nitrogens is 1. The molecule has 28 heavy (non-hydrogen) atoms. The topological polar surface area (TPSA) is 63.7 Å². The molecule has 1 N–H and O–H groups in total. The fourth-order valence-electron chi connectivity index (χ4n) is 2.93. The van der Waals surface area contributed by atoms with Gasteiger partial charge in [-0.15, -0.1) is 11.3 Å². The van der Waals surface area contributed by atoms with Crippen LogP contribution >= 0.6 is 22.9 Å². The molecule has 1 aromatic carbocycles. The van der Waals surface area contributed by atoms with Crippen molar-refractivity contribution in [3.05, 3.63) is 39.8 Å². The van der Waals surface area contributed by atoms with Crippen molar-refractivity contribution in [3.63, 3.8) is 0 Å². The van der Waals surface area contributed by atoms with Gasteiger partial charge in [0.2, 0.25) is 0 Å². The van der Waals surface area contributed by atoms with Crippen LogP contribution in [-0.4, -0.2) is 40.8 Å². The van der Waals surface area contributed by atoms with Crippen molar-refractivity contribution >= 4 is 34.7 Å². The number of carbonyl (C=O) groups is 1. The molecule has 1 aliphatic heterocycles. The Bertz CT molecular complexity index is 789. The zero-order valence-corrected chi connectivity index (χ0v) is 18.0. The zero-order chi connectivity index (χ0) is 20.1. The van der Waals surface area contributed by atoms with Crippen LogP contribution < -0.4 is 10.1 Å². The highest BCUT2D eigenvalue weighted by Gasteiger charge is 2.28. The quantitative estimate of drug-likeness (QED) is 0.717. The molecule has 0 bridgehead atoms. The number of ether oxygens (including phenoxy) is 2. The van der Waals surface area contributed by atoms with Crippen molar-refractivity contribution in [1.29, 1.82) is 0 Å². The maximum Gasteiger partial charge on any atom is 0.410 e. The summed E-state index contributed by atoms with van der Waals surface area (Å²) >= 11 is 7.31. The van der Waals surface area contributed by atoms with Gasteiger partial charge in [0.05, 0.1) is 13.1 Å². The van der Waals surface area contributed by atoms with Crippen molar-refractivity contribution in [1.82, 2.24) is 9.88 Å². The Hall–Kier alpha value is -1.99.